The first-order chi connectivity index (χ1) is 40.0. The Hall–Kier alpha value is -3.67. The van der Waals surface area contributed by atoms with Gasteiger partial charge in [-0.15, -0.1) is 0 Å². The molecule has 0 aromatic carbocycles. The molecular formula is C75H130O6. The highest BCUT2D eigenvalue weighted by molar-refractivity contribution is 5.71. The van der Waals surface area contributed by atoms with Crippen molar-refractivity contribution in [3.05, 3.63) is 97.2 Å². The van der Waals surface area contributed by atoms with Crippen molar-refractivity contribution < 1.29 is 28.6 Å². The van der Waals surface area contributed by atoms with E-state index in [2.05, 4.69) is 118 Å². The number of carbonyl (C=O) groups is 3. The zero-order valence-electron chi connectivity index (χ0n) is 53.5. The van der Waals surface area contributed by atoms with Crippen molar-refractivity contribution in [3.63, 3.8) is 0 Å². The Bertz CT molecular complexity index is 1580. The van der Waals surface area contributed by atoms with Gasteiger partial charge in [0.05, 0.1) is 0 Å². The second-order valence-electron chi connectivity index (χ2n) is 23.1. The fourth-order valence-electron chi connectivity index (χ4n) is 9.89. The van der Waals surface area contributed by atoms with E-state index in [1.165, 1.54) is 173 Å². The van der Waals surface area contributed by atoms with Crippen LogP contribution in [0.2, 0.25) is 0 Å². The van der Waals surface area contributed by atoms with Gasteiger partial charge in [-0.3, -0.25) is 14.4 Å². The minimum atomic E-state index is -0.796. The average molecular weight is 1130 g/mol. The van der Waals surface area contributed by atoms with Gasteiger partial charge in [0.2, 0.25) is 0 Å². The Kier molecular flexibility index (Phi) is 65.7. The van der Waals surface area contributed by atoms with E-state index in [1.54, 1.807) is 0 Å². The van der Waals surface area contributed by atoms with Crippen molar-refractivity contribution in [3.8, 4) is 0 Å². The minimum absolute atomic E-state index is 0.0875. The second kappa shape index (κ2) is 68.8. The van der Waals surface area contributed by atoms with Gasteiger partial charge in [-0.1, -0.05) is 317 Å². The predicted molar refractivity (Wildman–Crippen MR) is 353 cm³/mol. The van der Waals surface area contributed by atoms with E-state index in [0.717, 1.165) is 128 Å². The van der Waals surface area contributed by atoms with Gasteiger partial charge in [-0.05, 0) is 103 Å². The molecule has 6 nitrogen and oxygen atoms in total. The summed E-state index contributed by atoms with van der Waals surface area (Å²) >= 11 is 0. The lowest BCUT2D eigenvalue weighted by Crippen LogP contribution is -2.30. The van der Waals surface area contributed by atoms with E-state index in [4.69, 9.17) is 14.2 Å². The smallest absolute Gasteiger partial charge is 0.306 e. The molecule has 0 rings (SSSR count). The molecule has 0 N–H and O–H groups in total. The molecule has 1 unspecified atom stereocenters. The van der Waals surface area contributed by atoms with Crippen molar-refractivity contribution in [2.75, 3.05) is 13.2 Å². The number of esters is 3. The molecule has 466 valence electrons. The highest BCUT2D eigenvalue weighted by atomic mass is 16.6. The maximum absolute atomic E-state index is 13.0. The maximum atomic E-state index is 13.0. The molecule has 0 fully saturated rings. The van der Waals surface area contributed by atoms with Gasteiger partial charge in [0.1, 0.15) is 13.2 Å². The van der Waals surface area contributed by atoms with Crippen LogP contribution in [-0.2, 0) is 28.6 Å². The second-order valence-corrected chi connectivity index (χ2v) is 23.1. The highest BCUT2D eigenvalue weighted by Crippen LogP contribution is 2.17. The lowest BCUT2D eigenvalue weighted by atomic mass is 10.0. The summed E-state index contributed by atoms with van der Waals surface area (Å²) in [5.41, 5.74) is 0. The Morgan fingerprint density at radius 3 is 0.778 bits per heavy atom. The van der Waals surface area contributed by atoms with Crippen LogP contribution in [0.1, 0.15) is 342 Å². The molecule has 0 aromatic heterocycles. The summed E-state index contributed by atoms with van der Waals surface area (Å²) in [6.45, 7) is 6.52. The monoisotopic (exact) mass is 1130 g/mol. The van der Waals surface area contributed by atoms with Gasteiger partial charge >= 0.3 is 17.9 Å². The molecule has 0 aromatic rings. The van der Waals surface area contributed by atoms with Gasteiger partial charge < -0.3 is 14.2 Å². The molecular weight excluding hydrogens is 997 g/mol. The number of hydrogen-bond donors (Lipinski definition) is 0. The van der Waals surface area contributed by atoms with Gasteiger partial charge in [0, 0.05) is 19.3 Å². The van der Waals surface area contributed by atoms with Crippen LogP contribution in [0.15, 0.2) is 97.2 Å². The first-order valence-corrected chi connectivity index (χ1v) is 34.7. The van der Waals surface area contributed by atoms with Crippen molar-refractivity contribution in [2.45, 2.75) is 348 Å². The van der Waals surface area contributed by atoms with Crippen molar-refractivity contribution in [1.82, 2.24) is 0 Å². The molecule has 0 aliphatic heterocycles. The Labute approximate surface area is 502 Å². The largest absolute Gasteiger partial charge is 0.462 e. The average Bonchev–Trinajstić information content (AvgIpc) is 3.47. The molecule has 0 spiro atoms. The summed E-state index contributed by atoms with van der Waals surface area (Å²) in [6.07, 6.45) is 92.8. The number of rotatable bonds is 63. The zero-order valence-corrected chi connectivity index (χ0v) is 53.5. The van der Waals surface area contributed by atoms with E-state index >= 15 is 0 Å². The van der Waals surface area contributed by atoms with Gasteiger partial charge in [-0.2, -0.15) is 0 Å². The van der Waals surface area contributed by atoms with Crippen LogP contribution in [0.4, 0.5) is 0 Å². The van der Waals surface area contributed by atoms with Crippen molar-refractivity contribution in [1.29, 1.82) is 0 Å². The molecule has 81 heavy (non-hydrogen) atoms. The van der Waals surface area contributed by atoms with Gasteiger partial charge in [0.15, 0.2) is 6.10 Å². The van der Waals surface area contributed by atoms with Crippen LogP contribution in [0.3, 0.4) is 0 Å². The predicted octanol–water partition coefficient (Wildman–Crippen LogP) is 24.0. The Morgan fingerprint density at radius 1 is 0.259 bits per heavy atom. The zero-order chi connectivity index (χ0) is 58.5. The Balaban J connectivity index is 4.41. The first kappa shape index (κ1) is 77.3. The standard InChI is InChI=1S/C75H130O6/c1-4-7-10-13-16-19-22-25-28-31-34-36-37-39-41-44-47-50-53-56-59-62-65-68-74(77)80-71-72(70-79-73(76)67-64-61-58-55-52-49-46-43-40-33-30-27-24-21-18-15-12-9-6-3)81-75(78)69-66-63-60-57-54-51-48-45-42-38-35-32-29-26-23-20-17-14-11-8-5-2/h8,11,17-18,20-21,26-27,29-30,35,38,40,43,45,48,72H,4-7,9-10,12-16,19,22-25,28,31-34,36-37,39,41-42,44,46-47,49-71H2,1-3H3/b11-8-,20-17-,21-18-,29-26-,30-27-,38-35-,43-40-,48-45-. The Morgan fingerprint density at radius 2 is 0.481 bits per heavy atom. The molecule has 1 atom stereocenters. The van der Waals surface area contributed by atoms with Gasteiger partial charge in [0.25, 0.3) is 0 Å². The number of hydrogen-bond acceptors (Lipinski definition) is 6. The summed E-state index contributed by atoms with van der Waals surface area (Å²) in [5, 5.41) is 0. The summed E-state index contributed by atoms with van der Waals surface area (Å²) in [6, 6.07) is 0. The normalized spacial score (nSPS) is 12.7. The quantitative estimate of drug-likeness (QED) is 0.0261. The number of unbranched alkanes of at least 4 members (excludes halogenated alkanes) is 36. The van der Waals surface area contributed by atoms with Crippen molar-refractivity contribution in [2.24, 2.45) is 0 Å². The molecule has 0 saturated carbocycles. The molecule has 0 bridgehead atoms. The van der Waals surface area contributed by atoms with E-state index < -0.39 is 6.10 Å². The third-order valence-electron chi connectivity index (χ3n) is 15.1. The summed E-state index contributed by atoms with van der Waals surface area (Å²) in [4.78, 5) is 38.5. The third kappa shape index (κ3) is 67.0. The summed E-state index contributed by atoms with van der Waals surface area (Å²) in [5.74, 6) is -0.903. The molecule has 0 amide bonds. The first-order valence-electron chi connectivity index (χ1n) is 34.7. The highest BCUT2D eigenvalue weighted by Gasteiger charge is 2.19. The fraction of sp³-hybridized carbons (Fsp3) is 0.747. The van der Waals surface area contributed by atoms with Crippen LogP contribution < -0.4 is 0 Å². The molecule has 0 saturated heterocycles. The SMILES string of the molecule is CC/C=C\C/C=C\C/C=C\C/C=C\C/C=C\CCCCCCCC(=O)OC(COC(=O)CCCCCCCC/C=C\C/C=C\C/C=C\CCCCC)COC(=O)CCCCCCCCCCCCCCCCCCCCCCCCC. The molecule has 6 heteroatoms. The number of ether oxygens (including phenoxy) is 3. The maximum Gasteiger partial charge on any atom is 0.306 e. The fourth-order valence-corrected chi connectivity index (χ4v) is 9.89. The van der Waals surface area contributed by atoms with E-state index in [0.29, 0.717) is 19.3 Å². The van der Waals surface area contributed by atoms with Crippen LogP contribution in [0.25, 0.3) is 0 Å². The number of allylic oxidation sites excluding steroid dienone is 16. The molecule has 0 aliphatic carbocycles. The van der Waals surface area contributed by atoms with E-state index in [-0.39, 0.29) is 31.1 Å². The lowest BCUT2D eigenvalue weighted by Gasteiger charge is -2.18. The molecule has 0 heterocycles. The number of carbonyl (C=O) groups excluding carboxylic acids is 3. The molecule has 0 radical (unpaired) electrons. The van der Waals surface area contributed by atoms with Crippen molar-refractivity contribution >= 4 is 17.9 Å². The topological polar surface area (TPSA) is 78.9 Å². The van der Waals surface area contributed by atoms with Crippen LogP contribution in [0, 0.1) is 0 Å². The van der Waals surface area contributed by atoms with E-state index in [9.17, 15) is 14.4 Å². The summed E-state index contributed by atoms with van der Waals surface area (Å²) < 4.78 is 17.0. The molecule has 0 aliphatic rings. The third-order valence-corrected chi connectivity index (χ3v) is 15.1. The van der Waals surface area contributed by atoms with Crippen LogP contribution in [-0.4, -0.2) is 37.2 Å². The minimum Gasteiger partial charge on any atom is -0.462 e. The van der Waals surface area contributed by atoms with E-state index in [1.807, 2.05) is 0 Å². The van der Waals surface area contributed by atoms with Crippen LogP contribution >= 0.6 is 0 Å². The summed E-state index contributed by atoms with van der Waals surface area (Å²) in [7, 11) is 0. The van der Waals surface area contributed by atoms with Gasteiger partial charge in [-0.25, -0.2) is 0 Å². The van der Waals surface area contributed by atoms with Crippen LogP contribution in [0.5, 0.6) is 0 Å². The lowest BCUT2D eigenvalue weighted by molar-refractivity contribution is -0.167.